The lowest BCUT2D eigenvalue weighted by Gasteiger charge is -2.27. The smallest absolute Gasteiger partial charge is 0.326 e. The molecule has 1 aromatic carbocycles. The van der Waals surface area contributed by atoms with Crippen LogP contribution in [0.3, 0.4) is 0 Å². The Balaban J connectivity index is 2.13. The number of likely N-dealkylation sites (tertiary alicyclic amines) is 1. The number of aliphatic hydroxyl groups excluding tert-OH is 1. The molecule has 0 spiro atoms. The van der Waals surface area contributed by atoms with Crippen molar-refractivity contribution >= 4 is 11.9 Å². The highest BCUT2D eigenvalue weighted by molar-refractivity contribution is 5.86. The lowest BCUT2D eigenvalue weighted by atomic mass is 9.94. The van der Waals surface area contributed by atoms with Crippen LogP contribution in [0.5, 0.6) is 0 Å². The van der Waals surface area contributed by atoms with Gasteiger partial charge in [-0.1, -0.05) is 37.3 Å². The number of amides is 1. The largest absolute Gasteiger partial charge is 0.480 e. The molecule has 1 fully saturated rings. The topological polar surface area (TPSA) is 104 Å². The number of aliphatic hydroxyl groups is 1. The van der Waals surface area contributed by atoms with Crippen LogP contribution in [0.2, 0.25) is 0 Å². The highest BCUT2D eigenvalue weighted by Crippen LogP contribution is 2.26. The Kier molecular flexibility index (Phi) is 4.59. The third-order valence-electron chi connectivity index (χ3n) is 3.96. The Hall–Kier alpha value is -1.92. The van der Waals surface area contributed by atoms with Crippen molar-refractivity contribution in [3.05, 3.63) is 35.9 Å². The van der Waals surface area contributed by atoms with Gasteiger partial charge in [0, 0.05) is 19.0 Å². The van der Waals surface area contributed by atoms with E-state index in [2.05, 4.69) is 0 Å². The number of hydrogen-bond acceptors (Lipinski definition) is 4. The molecule has 3 unspecified atom stereocenters. The molecule has 21 heavy (non-hydrogen) atoms. The van der Waals surface area contributed by atoms with E-state index in [1.54, 1.807) is 6.92 Å². The summed E-state index contributed by atoms with van der Waals surface area (Å²) in [5.41, 5.74) is 6.93. The molecule has 1 aromatic rings. The number of benzene rings is 1. The van der Waals surface area contributed by atoms with Crippen LogP contribution in [-0.4, -0.2) is 45.7 Å². The molecule has 1 aliphatic rings. The van der Waals surface area contributed by atoms with Gasteiger partial charge in [0.15, 0.2) is 0 Å². The minimum atomic E-state index is -1.10. The first-order valence-corrected chi connectivity index (χ1v) is 6.93. The number of carbonyl (C=O) groups excluding carboxylic acids is 1. The molecule has 0 aromatic heterocycles. The van der Waals surface area contributed by atoms with Crippen molar-refractivity contribution in [3.8, 4) is 0 Å². The summed E-state index contributed by atoms with van der Waals surface area (Å²) in [5, 5.41) is 18.8. The van der Waals surface area contributed by atoms with Gasteiger partial charge in [-0.3, -0.25) is 4.79 Å². The second-order valence-corrected chi connectivity index (χ2v) is 5.46. The first-order chi connectivity index (χ1) is 9.91. The van der Waals surface area contributed by atoms with Crippen molar-refractivity contribution in [2.75, 3.05) is 6.54 Å². The van der Waals surface area contributed by atoms with Crippen LogP contribution in [0.15, 0.2) is 30.3 Å². The molecule has 6 heteroatoms. The van der Waals surface area contributed by atoms with Crippen molar-refractivity contribution in [1.82, 2.24) is 4.90 Å². The number of carbonyl (C=O) groups is 2. The summed E-state index contributed by atoms with van der Waals surface area (Å²) in [4.78, 5) is 24.9. The van der Waals surface area contributed by atoms with Gasteiger partial charge in [0.05, 0.1) is 12.0 Å². The quantitative estimate of drug-likeness (QED) is 0.744. The van der Waals surface area contributed by atoms with E-state index < -0.39 is 30.1 Å². The predicted octanol–water partition coefficient (Wildman–Crippen LogP) is 0.369. The molecule has 0 saturated carbocycles. The van der Waals surface area contributed by atoms with Crippen LogP contribution >= 0.6 is 0 Å². The predicted molar refractivity (Wildman–Crippen MR) is 76.3 cm³/mol. The Bertz CT molecular complexity index is 520. The molecule has 1 saturated heterocycles. The zero-order valence-corrected chi connectivity index (χ0v) is 11.8. The number of aliphatic carboxylic acids is 1. The van der Waals surface area contributed by atoms with Crippen molar-refractivity contribution in [2.45, 2.75) is 31.5 Å². The lowest BCUT2D eigenvalue weighted by molar-refractivity contribution is -0.150. The number of rotatable bonds is 4. The molecule has 1 aliphatic heterocycles. The van der Waals surface area contributed by atoms with E-state index >= 15 is 0 Å². The maximum atomic E-state index is 12.5. The maximum Gasteiger partial charge on any atom is 0.326 e. The van der Waals surface area contributed by atoms with Crippen molar-refractivity contribution in [1.29, 1.82) is 0 Å². The molecular weight excluding hydrogens is 272 g/mol. The van der Waals surface area contributed by atoms with Gasteiger partial charge in [-0.15, -0.1) is 0 Å². The van der Waals surface area contributed by atoms with E-state index in [9.17, 15) is 14.7 Å². The highest BCUT2D eigenvalue weighted by atomic mass is 16.4. The fraction of sp³-hybridized carbons (Fsp3) is 0.467. The van der Waals surface area contributed by atoms with Gasteiger partial charge in [0.2, 0.25) is 5.91 Å². The van der Waals surface area contributed by atoms with E-state index in [-0.39, 0.29) is 18.9 Å². The number of nitrogens with zero attached hydrogens (tertiary/aromatic N) is 1. The number of nitrogens with two attached hydrogens (primary N) is 1. The lowest BCUT2D eigenvalue weighted by Crippen LogP contribution is -2.45. The summed E-state index contributed by atoms with van der Waals surface area (Å²) in [7, 11) is 0. The van der Waals surface area contributed by atoms with Crippen LogP contribution in [0.4, 0.5) is 0 Å². The van der Waals surface area contributed by atoms with E-state index in [0.717, 1.165) is 5.56 Å². The van der Waals surface area contributed by atoms with E-state index in [1.807, 2.05) is 30.3 Å². The fourth-order valence-corrected chi connectivity index (χ4v) is 2.67. The molecule has 0 bridgehead atoms. The Morgan fingerprint density at radius 2 is 1.95 bits per heavy atom. The number of carboxylic acid groups (broad SMARTS) is 1. The van der Waals surface area contributed by atoms with Crippen LogP contribution in [-0.2, 0) is 9.59 Å². The van der Waals surface area contributed by atoms with Gasteiger partial charge in [-0.2, -0.15) is 0 Å². The molecule has 6 nitrogen and oxygen atoms in total. The second-order valence-electron chi connectivity index (χ2n) is 5.46. The van der Waals surface area contributed by atoms with Gasteiger partial charge < -0.3 is 20.8 Å². The number of hydrogen-bond donors (Lipinski definition) is 3. The van der Waals surface area contributed by atoms with Gasteiger partial charge in [0.25, 0.3) is 0 Å². The second kappa shape index (κ2) is 6.24. The third kappa shape index (κ3) is 3.22. The first kappa shape index (κ1) is 15.5. The Morgan fingerprint density at radius 1 is 1.33 bits per heavy atom. The zero-order chi connectivity index (χ0) is 15.6. The van der Waals surface area contributed by atoms with Crippen molar-refractivity contribution in [3.63, 3.8) is 0 Å². The Labute approximate surface area is 123 Å². The van der Waals surface area contributed by atoms with Gasteiger partial charge in [-0.25, -0.2) is 4.79 Å². The maximum absolute atomic E-state index is 12.5. The summed E-state index contributed by atoms with van der Waals surface area (Å²) < 4.78 is 0. The SMILES string of the molecule is CC(C(=O)N1CC(O)C[C@H]1C(=O)O)C(N)c1ccccc1. The summed E-state index contributed by atoms with van der Waals surface area (Å²) in [6.45, 7) is 1.73. The van der Waals surface area contributed by atoms with Crippen LogP contribution in [0.25, 0.3) is 0 Å². The van der Waals surface area contributed by atoms with Crippen LogP contribution in [0.1, 0.15) is 24.9 Å². The molecule has 4 N–H and O–H groups in total. The number of carboxylic acids is 1. The van der Waals surface area contributed by atoms with E-state index in [4.69, 9.17) is 10.8 Å². The van der Waals surface area contributed by atoms with Crippen molar-refractivity contribution in [2.24, 2.45) is 11.7 Å². The average Bonchev–Trinajstić information content (AvgIpc) is 2.88. The summed E-state index contributed by atoms with van der Waals surface area (Å²) in [6, 6.07) is 7.73. The minimum Gasteiger partial charge on any atom is -0.480 e. The monoisotopic (exact) mass is 292 g/mol. The first-order valence-electron chi connectivity index (χ1n) is 6.93. The number of β-amino-alcohol motifs (C(OH)–C–C–N with tert-alkyl or cyclic N) is 1. The average molecular weight is 292 g/mol. The molecule has 4 atom stereocenters. The minimum absolute atomic E-state index is 0.0433. The van der Waals surface area contributed by atoms with Gasteiger partial charge in [0.1, 0.15) is 6.04 Å². The fourth-order valence-electron chi connectivity index (χ4n) is 2.67. The normalized spacial score (nSPS) is 24.6. The molecule has 1 amide bonds. The van der Waals surface area contributed by atoms with Crippen molar-refractivity contribution < 1.29 is 19.8 Å². The molecule has 114 valence electrons. The molecular formula is C15H20N2O4. The Morgan fingerprint density at radius 3 is 2.52 bits per heavy atom. The van der Waals surface area contributed by atoms with Gasteiger partial charge in [-0.05, 0) is 5.56 Å². The summed E-state index contributed by atoms with van der Waals surface area (Å²) >= 11 is 0. The van der Waals surface area contributed by atoms with Crippen LogP contribution in [0, 0.1) is 5.92 Å². The van der Waals surface area contributed by atoms with Crippen LogP contribution < -0.4 is 5.73 Å². The summed E-state index contributed by atoms with van der Waals surface area (Å²) in [6.07, 6.45) is -0.732. The molecule has 1 heterocycles. The standard InChI is InChI=1S/C15H20N2O4/c1-9(13(16)10-5-3-2-4-6-10)14(19)17-8-11(18)7-12(17)15(20)21/h2-6,9,11-13,18H,7-8,16H2,1H3,(H,20,21)/t9?,11?,12-,13?/m0/s1. The highest BCUT2D eigenvalue weighted by Gasteiger charge is 2.41. The van der Waals surface area contributed by atoms with E-state index in [0.29, 0.717) is 0 Å². The molecule has 2 rings (SSSR count). The zero-order valence-electron chi connectivity index (χ0n) is 11.8. The third-order valence-corrected chi connectivity index (χ3v) is 3.96. The van der Waals surface area contributed by atoms with Gasteiger partial charge >= 0.3 is 5.97 Å². The summed E-state index contributed by atoms with van der Waals surface area (Å²) in [5.74, 6) is -1.99. The molecule has 0 radical (unpaired) electrons. The van der Waals surface area contributed by atoms with E-state index in [1.165, 1.54) is 4.90 Å². The molecule has 0 aliphatic carbocycles.